The fourth-order valence-electron chi connectivity index (χ4n) is 10.8. The number of carbonyl (C=O) groups excluding carboxylic acids is 4. The Balaban J connectivity index is 1.06. The van der Waals surface area contributed by atoms with Crippen LogP contribution >= 0.6 is 22.6 Å². The average Bonchev–Trinajstić information content (AvgIpc) is 4.10. The molecule has 0 radical (unpaired) electrons. The topological polar surface area (TPSA) is 237 Å². The van der Waals surface area contributed by atoms with Crippen LogP contribution in [0.3, 0.4) is 0 Å². The average molecular weight is 1160 g/mol. The van der Waals surface area contributed by atoms with Crippen LogP contribution in [-0.4, -0.2) is 162 Å². The van der Waals surface area contributed by atoms with Crippen molar-refractivity contribution in [1.82, 2.24) is 39.3 Å². The van der Waals surface area contributed by atoms with Crippen molar-refractivity contribution >= 4 is 56.1 Å². The molecule has 4 aromatic rings. The highest BCUT2D eigenvalue weighted by Crippen LogP contribution is 2.44. The number of methoxy groups -OCH3 is 1. The lowest BCUT2D eigenvalue weighted by atomic mass is 9.74. The molecule has 3 fully saturated rings. The Labute approximate surface area is 447 Å². The van der Waals surface area contributed by atoms with Gasteiger partial charge in [-0.2, -0.15) is 0 Å². The first-order valence-electron chi connectivity index (χ1n) is 25.2. The maximum Gasteiger partial charge on any atom is 0.410 e. The smallest absolute Gasteiger partial charge is 0.410 e. The summed E-state index contributed by atoms with van der Waals surface area (Å²) in [4.78, 5) is 69.9. The number of benzene rings is 1. The molecule has 20 nitrogen and oxygen atoms in total. The van der Waals surface area contributed by atoms with E-state index in [-0.39, 0.29) is 29.7 Å². The zero-order chi connectivity index (χ0) is 53.9. The Bertz CT molecular complexity index is 2710. The monoisotopic (exact) mass is 1160 g/mol. The minimum atomic E-state index is -3.32. The standard InChI is InChI=1S/C52H71IN8O12S/c1-31-25-51(6,69-9)46(71-48-44(64)41(24-32(2)70-48)58(8)23-19-38-28-60(57-56-38)27-36-15-17-39(18-16-36)74(10,67)68)34(4)43(63)35(5)47(65)72-49(53)52(7)45(33(3)42(31)62)61(50(66)73-52)22-12-11-21-59-29-40(55-30-59)37-14-13-20-54-26-37/h13-18,20,26,28-35,41,44-46,48-49,64H,11-12,19,21-25,27H2,1-10H3/t31-,32-,33+,34+,35-,41+,44-,45-,46-,48+,49+,51-,52+/m1/s1. The molecule has 0 saturated carbocycles. The van der Waals surface area contributed by atoms with Gasteiger partial charge in [-0.1, -0.05) is 38.1 Å². The van der Waals surface area contributed by atoms with Gasteiger partial charge < -0.3 is 43.2 Å². The number of ketones is 2. The van der Waals surface area contributed by atoms with E-state index in [1.807, 2.05) is 70.6 Å². The van der Waals surface area contributed by atoms with Crippen LogP contribution in [0.25, 0.3) is 11.3 Å². The first-order valence-corrected chi connectivity index (χ1v) is 28.3. The van der Waals surface area contributed by atoms with Crippen molar-refractivity contribution in [2.75, 3.05) is 33.5 Å². The van der Waals surface area contributed by atoms with Gasteiger partial charge in [0.15, 0.2) is 31.6 Å². The number of aryl methyl sites for hydroxylation is 1. The lowest BCUT2D eigenvalue weighted by Gasteiger charge is -2.47. The third-order valence-electron chi connectivity index (χ3n) is 15.1. The molecular weight excluding hydrogens is 1090 g/mol. The number of rotatable bonds is 16. The number of amides is 1. The maximum atomic E-state index is 14.9. The number of cyclic esters (lactones) is 1. The number of unbranched alkanes of at least 4 members (excludes halogenated alkanes) is 1. The normalized spacial score (nSPS) is 31.5. The van der Waals surface area contributed by atoms with E-state index in [1.54, 1.807) is 87.2 Å². The van der Waals surface area contributed by atoms with Gasteiger partial charge in [-0.05, 0) is 113 Å². The molecule has 22 heteroatoms. The van der Waals surface area contributed by atoms with Crippen LogP contribution in [0, 0.1) is 23.7 Å². The predicted octanol–water partition coefficient (Wildman–Crippen LogP) is 5.57. The Hall–Kier alpha value is -4.72. The SMILES string of the molecule is CO[C@]1(C)C[C@@H](C)C(=O)[C@H](C)[C@H]2N(CCCCn3cnc(-c4cccnc4)c3)C(=O)O[C@]2(C)[C@@H](I)OC(=O)[C@H](C)C(=O)[C@H](C)[C@H]1O[C@@H]1O[C@H](C)C[C@H](N(C)CCc2cn(Cc3ccc(S(C)(=O)=O)cc3)nn2)[C@H]1O. The van der Waals surface area contributed by atoms with Crippen LogP contribution in [0.2, 0.25) is 0 Å². The number of likely N-dealkylation sites (N-methyl/N-ethyl adjacent to an activating group) is 1. The first kappa shape index (κ1) is 57.0. The molecule has 74 heavy (non-hydrogen) atoms. The maximum absolute atomic E-state index is 14.9. The third-order valence-corrected chi connectivity index (χ3v) is 17.7. The molecule has 3 aromatic heterocycles. The number of aromatic nitrogens is 6. The summed E-state index contributed by atoms with van der Waals surface area (Å²) in [5.74, 6) is -5.38. The van der Waals surface area contributed by atoms with Gasteiger partial charge in [0.25, 0.3) is 0 Å². The van der Waals surface area contributed by atoms with Crippen LogP contribution in [-0.2, 0) is 67.4 Å². The number of hydrogen-bond donors (Lipinski definition) is 1. The third kappa shape index (κ3) is 12.7. The van der Waals surface area contributed by atoms with Gasteiger partial charge in [0, 0.05) is 93.6 Å². The largest absolute Gasteiger partial charge is 0.447 e. The van der Waals surface area contributed by atoms with Crippen molar-refractivity contribution in [3.05, 3.63) is 78.8 Å². The van der Waals surface area contributed by atoms with Crippen molar-refractivity contribution in [3.63, 3.8) is 0 Å². The van der Waals surface area contributed by atoms with E-state index >= 15 is 0 Å². The van der Waals surface area contributed by atoms with Gasteiger partial charge in [-0.25, -0.2) is 22.9 Å². The molecule has 0 aliphatic carbocycles. The van der Waals surface area contributed by atoms with Crippen molar-refractivity contribution in [1.29, 1.82) is 0 Å². The number of nitrogens with zero attached hydrogens (tertiary/aromatic N) is 8. The van der Waals surface area contributed by atoms with Gasteiger partial charge in [-0.15, -0.1) is 5.10 Å². The molecule has 0 unspecified atom stereocenters. The minimum absolute atomic E-state index is 0.0694. The fraction of sp³-hybridized carbons (Fsp3) is 0.615. The number of alkyl halides is 1. The number of halogens is 1. The Kier molecular flexibility index (Phi) is 18.2. The van der Waals surface area contributed by atoms with E-state index in [1.165, 1.54) is 20.3 Å². The first-order chi connectivity index (χ1) is 34.9. The summed E-state index contributed by atoms with van der Waals surface area (Å²) in [5.41, 5.74) is 0.455. The summed E-state index contributed by atoms with van der Waals surface area (Å²) in [7, 11) is 0.0508. The molecule has 7 rings (SSSR count). The summed E-state index contributed by atoms with van der Waals surface area (Å²) < 4.78 is 57.9. The van der Waals surface area contributed by atoms with Crippen molar-refractivity contribution < 1.29 is 56.4 Å². The number of carbonyl (C=O) groups is 4. The summed E-state index contributed by atoms with van der Waals surface area (Å²) in [6.07, 6.45) is 7.83. The Morgan fingerprint density at radius 3 is 2.36 bits per heavy atom. The second-order valence-electron chi connectivity index (χ2n) is 20.8. The fourth-order valence-corrected chi connectivity index (χ4v) is 12.1. The number of ether oxygens (including phenoxy) is 5. The van der Waals surface area contributed by atoms with Crippen LogP contribution < -0.4 is 0 Å². The molecule has 6 heterocycles. The highest BCUT2D eigenvalue weighted by Gasteiger charge is 2.60. The molecule has 3 aliphatic rings. The molecule has 1 amide bonds. The van der Waals surface area contributed by atoms with Gasteiger partial charge in [0.05, 0.1) is 53.0 Å². The van der Waals surface area contributed by atoms with E-state index in [9.17, 15) is 32.7 Å². The number of aliphatic hydroxyl groups excluding tert-OH is 1. The molecule has 404 valence electrons. The van der Waals surface area contributed by atoms with Gasteiger partial charge in [0.1, 0.15) is 17.8 Å². The number of Topliss-reactive ketones (excluding diaryl/α,β-unsaturated/α-hetero) is 2. The highest BCUT2D eigenvalue weighted by molar-refractivity contribution is 14.1. The molecule has 1 N–H and O–H groups in total. The Morgan fingerprint density at radius 1 is 0.973 bits per heavy atom. The number of sulfone groups is 1. The zero-order valence-corrected chi connectivity index (χ0v) is 46.8. The molecule has 1 aromatic carbocycles. The molecule has 3 saturated heterocycles. The molecule has 0 spiro atoms. The van der Waals surface area contributed by atoms with Crippen molar-refractivity contribution in [3.8, 4) is 11.3 Å². The zero-order valence-electron chi connectivity index (χ0n) is 43.9. The summed E-state index contributed by atoms with van der Waals surface area (Å²) in [6, 6.07) is 9.12. The molecular formula is C52H71IN8O12S. The van der Waals surface area contributed by atoms with Crippen LogP contribution in [0.5, 0.6) is 0 Å². The Morgan fingerprint density at radius 2 is 1.69 bits per heavy atom. The van der Waals surface area contributed by atoms with Gasteiger partial charge in [-0.3, -0.25) is 19.4 Å². The second kappa shape index (κ2) is 23.7. The number of hydrogen-bond acceptors (Lipinski definition) is 17. The lowest BCUT2D eigenvalue weighted by molar-refractivity contribution is -0.296. The van der Waals surface area contributed by atoms with Gasteiger partial charge >= 0.3 is 12.1 Å². The summed E-state index contributed by atoms with van der Waals surface area (Å²) in [6.45, 7) is 13.7. The number of pyridine rings is 1. The number of fused-ring (bicyclic) bond motifs is 1. The molecule has 13 atom stereocenters. The number of esters is 1. The minimum Gasteiger partial charge on any atom is -0.447 e. The van der Waals surface area contributed by atoms with Crippen LogP contribution in [0.1, 0.15) is 85.4 Å². The van der Waals surface area contributed by atoms with E-state index in [0.717, 1.165) is 22.5 Å². The second-order valence-corrected chi connectivity index (χ2v) is 24.0. The highest BCUT2D eigenvalue weighted by atomic mass is 127. The van der Waals surface area contributed by atoms with E-state index in [0.29, 0.717) is 45.3 Å². The lowest BCUT2D eigenvalue weighted by Crippen LogP contribution is -2.60. The van der Waals surface area contributed by atoms with E-state index < -0.39 is 97.2 Å². The molecule has 0 bridgehead atoms. The van der Waals surface area contributed by atoms with Crippen molar-refractivity contribution in [2.24, 2.45) is 23.7 Å². The van der Waals surface area contributed by atoms with E-state index in [2.05, 4.69) is 20.3 Å². The number of aliphatic hydroxyl groups is 1. The summed E-state index contributed by atoms with van der Waals surface area (Å²) in [5, 5.41) is 20.7. The molecule has 3 aliphatic heterocycles. The number of imidazole rings is 1. The van der Waals surface area contributed by atoms with Crippen LogP contribution in [0.4, 0.5) is 4.79 Å². The van der Waals surface area contributed by atoms with Crippen LogP contribution in [0.15, 0.2) is 72.4 Å². The quantitative estimate of drug-likeness (QED) is 0.0475. The predicted molar refractivity (Wildman–Crippen MR) is 279 cm³/mol. The van der Waals surface area contributed by atoms with Crippen molar-refractivity contribution in [2.45, 2.75) is 151 Å². The van der Waals surface area contributed by atoms with Gasteiger partial charge in [0.2, 0.25) is 0 Å². The summed E-state index contributed by atoms with van der Waals surface area (Å²) >= 11 is 1.92. The van der Waals surface area contributed by atoms with E-state index in [4.69, 9.17) is 23.7 Å².